The third-order valence-electron chi connectivity index (χ3n) is 3.42. The molecule has 1 aliphatic rings. The first-order valence-corrected chi connectivity index (χ1v) is 7.10. The minimum atomic E-state index is -0.112. The van der Waals surface area contributed by atoms with Crippen LogP contribution in [0, 0.1) is 0 Å². The largest absolute Gasteiger partial charge is 0.504 e. The van der Waals surface area contributed by atoms with Crippen LogP contribution in [0.5, 0.6) is 11.5 Å². The highest BCUT2D eigenvalue weighted by Gasteiger charge is 2.13. The minimum absolute atomic E-state index is 0.0729. The van der Waals surface area contributed by atoms with Crippen molar-refractivity contribution >= 4 is 12.1 Å². The fraction of sp³-hybridized carbons (Fsp3) is 0.467. The summed E-state index contributed by atoms with van der Waals surface area (Å²) in [6.07, 6.45) is 5.09. The van der Waals surface area contributed by atoms with Gasteiger partial charge in [-0.05, 0) is 49.7 Å². The third kappa shape index (κ3) is 4.75. The molecule has 2 rings (SSSR count). The quantitative estimate of drug-likeness (QED) is 0.634. The van der Waals surface area contributed by atoms with Crippen molar-refractivity contribution in [2.75, 3.05) is 26.7 Å². The number of hydrazone groups is 1. The Morgan fingerprint density at radius 3 is 2.90 bits per heavy atom. The molecule has 0 saturated carbocycles. The molecule has 114 valence electrons. The number of likely N-dealkylation sites (tertiary alicyclic amines) is 1. The van der Waals surface area contributed by atoms with Crippen LogP contribution in [0.25, 0.3) is 0 Å². The zero-order valence-corrected chi connectivity index (χ0v) is 12.2. The van der Waals surface area contributed by atoms with Gasteiger partial charge in [0.25, 0.3) is 5.91 Å². The van der Waals surface area contributed by atoms with Crippen LogP contribution in [0.3, 0.4) is 0 Å². The molecule has 21 heavy (non-hydrogen) atoms. The number of rotatable bonds is 5. The number of carbonyl (C=O) groups excluding carboxylic acids is 1. The second-order valence-electron chi connectivity index (χ2n) is 5.06. The molecular formula is C15H21N3O3. The van der Waals surface area contributed by atoms with E-state index in [2.05, 4.69) is 15.4 Å². The van der Waals surface area contributed by atoms with Gasteiger partial charge >= 0.3 is 0 Å². The summed E-state index contributed by atoms with van der Waals surface area (Å²) in [5.74, 6) is 0.335. The maximum atomic E-state index is 11.7. The highest BCUT2D eigenvalue weighted by atomic mass is 16.5. The van der Waals surface area contributed by atoms with Gasteiger partial charge in [-0.1, -0.05) is 6.42 Å². The summed E-state index contributed by atoms with van der Waals surface area (Å²) >= 11 is 0. The SMILES string of the molecule is COc1cc(/C=N\NC(=O)CN2CCCCC2)ccc1O. The zero-order valence-electron chi connectivity index (χ0n) is 12.2. The smallest absolute Gasteiger partial charge is 0.254 e. The molecule has 0 radical (unpaired) electrons. The van der Waals surface area contributed by atoms with Crippen LogP contribution in [-0.2, 0) is 4.79 Å². The van der Waals surface area contributed by atoms with Crippen molar-refractivity contribution in [3.63, 3.8) is 0 Å². The van der Waals surface area contributed by atoms with Crippen LogP contribution in [0.1, 0.15) is 24.8 Å². The van der Waals surface area contributed by atoms with Crippen LogP contribution in [0.2, 0.25) is 0 Å². The molecule has 0 unspecified atom stereocenters. The number of piperidine rings is 1. The number of phenols is 1. The highest BCUT2D eigenvalue weighted by Crippen LogP contribution is 2.25. The van der Waals surface area contributed by atoms with E-state index in [0.29, 0.717) is 12.3 Å². The Labute approximate surface area is 124 Å². The van der Waals surface area contributed by atoms with Crippen LogP contribution < -0.4 is 10.2 Å². The first-order chi connectivity index (χ1) is 10.2. The van der Waals surface area contributed by atoms with Crippen molar-refractivity contribution < 1.29 is 14.6 Å². The van der Waals surface area contributed by atoms with Gasteiger partial charge in [0, 0.05) is 0 Å². The van der Waals surface area contributed by atoms with Gasteiger partial charge in [-0.2, -0.15) is 5.10 Å². The summed E-state index contributed by atoms with van der Waals surface area (Å²) < 4.78 is 5.01. The number of hydrogen-bond donors (Lipinski definition) is 2. The Kier molecular flexibility index (Phi) is 5.57. The van der Waals surface area contributed by atoms with Gasteiger partial charge in [0.05, 0.1) is 19.9 Å². The lowest BCUT2D eigenvalue weighted by atomic mass is 10.1. The van der Waals surface area contributed by atoms with E-state index < -0.39 is 0 Å². The molecule has 1 heterocycles. The molecule has 0 spiro atoms. The molecule has 6 nitrogen and oxygen atoms in total. The summed E-state index contributed by atoms with van der Waals surface area (Å²) in [6.45, 7) is 2.34. The van der Waals surface area contributed by atoms with Crippen molar-refractivity contribution in [3.8, 4) is 11.5 Å². The van der Waals surface area contributed by atoms with Crippen LogP contribution in [-0.4, -0.2) is 48.9 Å². The number of phenolic OH excluding ortho intramolecular Hbond substituents is 1. The Hall–Kier alpha value is -2.08. The zero-order chi connectivity index (χ0) is 15.1. The molecule has 0 bridgehead atoms. The van der Waals surface area contributed by atoms with E-state index in [0.717, 1.165) is 31.5 Å². The molecule has 1 aromatic rings. The van der Waals surface area contributed by atoms with Gasteiger partial charge in [0.15, 0.2) is 11.5 Å². The van der Waals surface area contributed by atoms with Crippen molar-refractivity contribution in [1.82, 2.24) is 10.3 Å². The van der Waals surface area contributed by atoms with E-state index in [1.807, 2.05) is 0 Å². The van der Waals surface area contributed by atoms with E-state index in [1.165, 1.54) is 25.8 Å². The second-order valence-corrected chi connectivity index (χ2v) is 5.06. The van der Waals surface area contributed by atoms with Crippen LogP contribution in [0.15, 0.2) is 23.3 Å². The van der Waals surface area contributed by atoms with E-state index in [4.69, 9.17) is 4.74 Å². The lowest BCUT2D eigenvalue weighted by molar-refractivity contribution is -0.122. The van der Waals surface area contributed by atoms with E-state index in [-0.39, 0.29) is 11.7 Å². The molecule has 1 fully saturated rings. The minimum Gasteiger partial charge on any atom is -0.504 e. The summed E-state index contributed by atoms with van der Waals surface area (Å²) in [5.41, 5.74) is 3.25. The number of ether oxygens (including phenoxy) is 1. The number of benzene rings is 1. The Morgan fingerprint density at radius 2 is 2.19 bits per heavy atom. The summed E-state index contributed by atoms with van der Waals surface area (Å²) in [6, 6.07) is 4.86. The highest BCUT2D eigenvalue weighted by molar-refractivity contribution is 5.83. The molecule has 1 aromatic carbocycles. The number of nitrogens with one attached hydrogen (secondary N) is 1. The van der Waals surface area contributed by atoms with Crippen molar-refractivity contribution in [2.45, 2.75) is 19.3 Å². The molecule has 1 aliphatic heterocycles. The molecule has 0 aromatic heterocycles. The van der Waals surface area contributed by atoms with Crippen molar-refractivity contribution in [3.05, 3.63) is 23.8 Å². The van der Waals surface area contributed by atoms with Gasteiger partial charge < -0.3 is 9.84 Å². The van der Waals surface area contributed by atoms with E-state index >= 15 is 0 Å². The Morgan fingerprint density at radius 1 is 1.43 bits per heavy atom. The molecule has 1 saturated heterocycles. The number of nitrogens with zero attached hydrogens (tertiary/aromatic N) is 2. The number of aromatic hydroxyl groups is 1. The molecule has 0 atom stereocenters. The van der Waals surface area contributed by atoms with Crippen molar-refractivity contribution in [2.24, 2.45) is 5.10 Å². The normalized spacial score (nSPS) is 16.0. The third-order valence-corrected chi connectivity index (χ3v) is 3.42. The first kappa shape index (κ1) is 15.3. The molecule has 0 aliphatic carbocycles. The monoisotopic (exact) mass is 291 g/mol. The van der Waals surface area contributed by atoms with Crippen LogP contribution >= 0.6 is 0 Å². The Balaban J connectivity index is 1.82. The fourth-order valence-corrected chi connectivity index (χ4v) is 2.31. The van der Waals surface area contributed by atoms with E-state index in [1.54, 1.807) is 12.1 Å². The fourth-order valence-electron chi connectivity index (χ4n) is 2.31. The number of hydrogen-bond acceptors (Lipinski definition) is 5. The second kappa shape index (κ2) is 7.64. The molecule has 1 amide bonds. The van der Waals surface area contributed by atoms with E-state index in [9.17, 15) is 9.90 Å². The van der Waals surface area contributed by atoms with Gasteiger partial charge in [0.2, 0.25) is 0 Å². The molecule has 6 heteroatoms. The lowest BCUT2D eigenvalue weighted by Gasteiger charge is -2.25. The summed E-state index contributed by atoms with van der Waals surface area (Å²) in [5, 5.41) is 13.4. The summed E-state index contributed by atoms with van der Waals surface area (Å²) in [7, 11) is 1.48. The topological polar surface area (TPSA) is 74.2 Å². The maximum absolute atomic E-state index is 11.7. The average molecular weight is 291 g/mol. The summed E-state index contributed by atoms with van der Waals surface area (Å²) in [4.78, 5) is 13.9. The Bertz CT molecular complexity index is 511. The maximum Gasteiger partial charge on any atom is 0.254 e. The standard InChI is InChI=1S/C15H21N3O3/c1-21-14-9-12(5-6-13(14)19)10-16-17-15(20)11-18-7-3-2-4-8-18/h5-6,9-10,19H,2-4,7-8,11H2,1H3,(H,17,20)/b16-10-. The van der Waals surface area contributed by atoms with Crippen molar-refractivity contribution in [1.29, 1.82) is 0 Å². The first-order valence-electron chi connectivity index (χ1n) is 7.10. The average Bonchev–Trinajstić information content (AvgIpc) is 2.50. The van der Waals surface area contributed by atoms with Gasteiger partial charge in [-0.15, -0.1) is 0 Å². The van der Waals surface area contributed by atoms with Gasteiger partial charge in [0.1, 0.15) is 0 Å². The number of carbonyl (C=O) groups is 1. The van der Waals surface area contributed by atoms with Gasteiger partial charge in [-0.25, -0.2) is 5.43 Å². The number of amides is 1. The lowest BCUT2D eigenvalue weighted by Crippen LogP contribution is -2.38. The molecule has 2 N–H and O–H groups in total. The van der Waals surface area contributed by atoms with Crippen LogP contribution in [0.4, 0.5) is 0 Å². The predicted octanol–water partition coefficient (Wildman–Crippen LogP) is 1.34. The number of methoxy groups -OCH3 is 1. The van der Waals surface area contributed by atoms with Gasteiger partial charge in [-0.3, -0.25) is 9.69 Å². The molecular weight excluding hydrogens is 270 g/mol. The predicted molar refractivity (Wildman–Crippen MR) is 80.7 cm³/mol.